The predicted molar refractivity (Wildman–Crippen MR) is 96.4 cm³/mol. The van der Waals surface area contributed by atoms with E-state index < -0.39 is 28.6 Å². The second kappa shape index (κ2) is 7.43. The molecule has 25 heavy (non-hydrogen) atoms. The molecule has 0 unspecified atom stereocenters. The number of nitrogen functional groups attached to an aromatic ring is 1. The third kappa shape index (κ3) is 4.03. The van der Waals surface area contributed by atoms with Crippen LogP contribution in [0.3, 0.4) is 0 Å². The molecule has 0 fully saturated rings. The summed E-state index contributed by atoms with van der Waals surface area (Å²) in [5.74, 6) is -1.88. The van der Waals surface area contributed by atoms with Crippen LogP contribution in [-0.2, 0) is 0 Å². The molecular formula is C17H18N2O5S. The number of carboxylic acids is 2. The molecule has 0 aliphatic rings. The second-order valence-corrected chi connectivity index (χ2v) is 6.93. The van der Waals surface area contributed by atoms with Crippen LogP contribution in [0.2, 0.25) is 0 Å². The van der Waals surface area contributed by atoms with Crippen LogP contribution < -0.4 is 11.3 Å². The van der Waals surface area contributed by atoms with Crippen LogP contribution in [0.25, 0.3) is 11.1 Å². The van der Waals surface area contributed by atoms with Gasteiger partial charge < -0.3 is 20.9 Å². The molecule has 8 heteroatoms. The van der Waals surface area contributed by atoms with E-state index in [1.807, 2.05) is 0 Å². The van der Waals surface area contributed by atoms with Gasteiger partial charge in [0.15, 0.2) is 0 Å². The van der Waals surface area contributed by atoms with Gasteiger partial charge in [-0.25, -0.2) is 9.59 Å². The smallest absolute Gasteiger partial charge is 0.342 e. The number of thioether (sulfide) groups is 1. The first kappa shape index (κ1) is 18.6. The largest absolute Gasteiger partial charge is 0.478 e. The summed E-state index contributed by atoms with van der Waals surface area (Å²) in [5.41, 5.74) is 3.70. The van der Waals surface area contributed by atoms with Crippen LogP contribution in [0.1, 0.15) is 34.6 Å². The number of H-pyrrole nitrogens is 1. The molecule has 1 aromatic heterocycles. The van der Waals surface area contributed by atoms with E-state index in [1.165, 1.54) is 0 Å². The molecule has 0 saturated carbocycles. The van der Waals surface area contributed by atoms with E-state index in [2.05, 4.69) is 18.8 Å². The number of nitrogens with one attached hydrogen (secondary N) is 1. The summed E-state index contributed by atoms with van der Waals surface area (Å²) >= 11 is 1.63. The Hall–Kier alpha value is -2.74. The molecule has 1 aromatic carbocycles. The van der Waals surface area contributed by atoms with Gasteiger partial charge >= 0.3 is 11.9 Å². The number of rotatable bonds is 6. The van der Waals surface area contributed by atoms with E-state index in [0.717, 1.165) is 10.6 Å². The summed E-state index contributed by atoms with van der Waals surface area (Å²) < 4.78 is 0. The monoisotopic (exact) mass is 362 g/mol. The number of aromatic carboxylic acids is 2. The van der Waals surface area contributed by atoms with E-state index in [1.54, 1.807) is 36.0 Å². The zero-order chi connectivity index (χ0) is 18.7. The lowest BCUT2D eigenvalue weighted by atomic mass is 9.95. The predicted octanol–water partition coefficient (Wildman–Crippen LogP) is 2.77. The molecule has 0 aliphatic carbocycles. The van der Waals surface area contributed by atoms with Crippen LogP contribution in [0.5, 0.6) is 0 Å². The minimum absolute atomic E-state index is 0.193. The number of carboxylic acid groups (broad SMARTS) is 2. The van der Waals surface area contributed by atoms with Crippen molar-refractivity contribution >= 4 is 29.5 Å². The van der Waals surface area contributed by atoms with Crippen molar-refractivity contribution in [2.75, 3.05) is 11.5 Å². The summed E-state index contributed by atoms with van der Waals surface area (Å²) in [6.45, 7) is 4.19. The average Bonchev–Trinajstić information content (AvgIpc) is 2.51. The highest BCUT2D eigenvalue weighted by atomic mass is 32.2. The molecule has 7 nitrogen and oxygen atoms in total. The number of carbonyl (C=O) groups is 2. The van der Waals surface area contributed by atoms with Gasteiger partial charge in [-0.1, -0.05) is 26.0 Å². The number of hydrogen-bond acceptors (Lipinski definition) is 5. The first-order chi connectivity index (χ1) is 11.7. The number of benzene rings is 1. The molecule has 132 valence electrons. The number of aromatic amines is 1. The maximum Gasteiger partial charge on any atom is 0.342 e. The fourth-order valence-electron chi connectivity index (χ4n) is 2.32. The molecule has 0 atom stereocenters. The van der Waals surface area contributed by atoms with Gasteiger partial charge in [0.25, 0.3) is 5.56 Å². The lowest BCUT2D eigenvalue weighted by molar-refractivity contribution is 0.0695. The number of anilines is 1. The molecule has 0 aliphatic heterocycles. The van der Waals surface area contributed by atoms with Gasteiger partial charge in [-0.05, 0) is 23.6 Å². The molecule has 0 spiro atoms. The highest BCUT2D eigenvalue weighted by Gasteiger charge is 2.26. The van der Waals surface area contributed by atoms with Crippen LogP contribution >= 0.6 is 11.8 Å². The van der Waals surface area contributed by atoms with Crippen LogP contribution in [-0.4, -0.2) is 32.9 Å². The van der Waals surface area contributed by atoms with Crippen LogP contribution in [0.15, 0.2) is 34.0 Å². The van der Waals surface area contributed by atoms with E-state index in [0.29, 0.717) is 11.5 Å². The average molecular weight is 362 g/mol. The lowest BCUT2D eigenvalue weighted by Gasteiger charge is -2.12. The molecule has 5 N–H and O–H groups in total. The van der Waals surface area contributed by atoms with Gasteiger partial charge in [-0.3, -0.25) is 4.79 Å². The zero-order valence-electron chi connectivity index (χ0n) is 13.7. The Balaban J connectivity index is 2.63. The Morgan fingerprint density at radius 2 is 1.68 bits per heavy atom. The van der Waals surface area contributed by atoms with E-state index in [9.17, 15) is 24.6 Å². The molecule has 2 rings (SSSR count). The van der Waals surface area contributed by atoms with Crippen molar-refractivity contribution < 1.29 is 19.8 Å². The SMILES string of the molecule is CC(C)CSc1ccc(-c2c(C(=O)O)c(N)[nH]c(=O)c2C(=O)O)cc1. The third-order valence-electron chi connectivity index (χ3n) is 3.40. The van der Waals surface area contributed by atoms with E-state index in [-0.39, 0.29) is 11.4 Å². The van der Waals surface area contributed by atoms with Gasteiger partial charge in [-0.2, -0.15) is 0 Å². The van der Waals surface area contributed by atoms with E-state index >= 15 is 0 Å². The summed E-state index contributed by atoms with van der Waals surface area (Å²) in [5, 5.41) is 18.8. The minimum Gasteiger partial charge on any atom is -0.478 e. The number of hydrogen-bond donors (Lipinski definition) is 4. The number of pyridine rings is 1. The summed E-state index contributed by atoms with van der Waals surface area (Å²) in [7, 11) is 0. The number of nitrogens with two attached hydrogens (primary N) is 1. The Kier molecular flexibility index (Phi) is 5.53. The summed E-state index contributed by atoms with van der Waals surface area (Å²) in [4.78, 5) is 38.1. The molecule has 0 amide bonds. The number of aromatic nitrogens is 1. The summed E-state index contributed by atoms with van der Waals surface area (Å²) in [6.07, 6.45) is 0. The van der Waals surface area contributed by atoms with Gasteiger partial charge in [0.1, 0.15) is 16.9 Å². The zero-order valence-corrected chi connectivity index (χ0v) is 14.5. The quantitative estimate of drug-likeness (QED) is 0.581. The summed E-state index contributed by atoms with van der Waals surface area (Å²) in [6, 6.07) is 6.71. The fraction of sp³-hybridized carbons (Fsp3) is 0.235. The molecular weight excluding hydrogens is 344 g/mol. The standard InChI is InChI=1S/C17H18N2O5S/c1-8(2)7-25-10-5-3-9(4-6-10)11-12(16(21)22)14(18)19-15(20)13(11)17(23)24/h3-6,8H,7H2,1-2H3,(H,21,22)(H,23,24)(H3,18,19,20). The van der Waals surface area contributed by atoms with Gasteiger partial charge in [0, 0.05) is 16.2 Å². The van der Waals surface area contributed by atoms with Crippen molar-refractivity contribution in [1.29, 1.82) is 0 Å². The Bertz CT molecular complexity index is 872. The maximum absolute atomic E-state index is 12.0. The Labute approximate surface area is 147 Å². The van der Waals surface area contributed by atoms with E-state index in [4.69, 9.17) is 5.73 Å². The van der Waals surface area contributed by atoms with Crippen molar-refractivity contribution in [1.82, 2.24) is 4.98 Å². The van der Waals surface area contributed by atoms with Crippen molar-refractivity contribution in [3.05, 3.63) is 45.7 Å². The molecule has 0 saturated heterocycles. The Morgan fingerprint density at radius 1 is 1.12 bits per heavy atom. The van der Waals surface area contributed by atoms with Crippen LogP contribution in [0, 0.1) is 5.92 Å². The first-order valence-electron chi connectivity index (χ1n) is 7.48. The second-order valence-electron chi connectivity index (χ2n) is 5.83. The third-order valence-corrected chi connectivity index (χ3v) is 4.84. The minimum atomic E-state index is -1.52. The highest BCUT2D eigenvalue weighted by molar-refractivity contribution is 7.99. The van der Waals surface area contributed by atoms with Crippen molar-refractivity contribution in [2.24, 2.45) is 5.92 Å². The molecule has 2 aromatic rings. The maximum atomic E-state index is 12.0. The van der Waals surface area contributed by atoms with Crippen LogP contribution in [0.4, 0.5) is 5.82 Å². The topological polar surface area (TPSA) is 133 Å². The molecule has 0 bridgehead atoms. The van der Waals surface area contributed by atoms with Gasteiger partial charge in [-0.15, -0.1) is 11.8 Å². The van der Waals surface area contributed by atoms with Gasteiger partial charge in [0.2, 0.25) is 0 Å². The fourth-order valence-corrected chi connectivity index (χ4v) is 3.17. The van der Waals surface area contributed by atoms with Crippen molar-refractivity contribution in [3.8, 4) is 11.1 Å². The Morgan fingerprint density at radius 3 is 2.16 bits per heavy atom. The molecule has 1 heterocycles. The van der Waals surface area contributed by atoms with Crippen molar-refractivity contribution in [3.63, 3.8) is 0 Å². The molecule has 0 radical (unpaired) electrons. The first-order valence-corrected chi connectivity index (χ1v) is 8.46. The van der Waals surface area contributed by atoms with Gasteiger partial charge in [0.05, 0.1) is 0 Å². The van der Waals surface area contributed by atoms with Crippen molar-refractivity contribution in [2.45, 2.75) is 18.7 Å². The lowest BCUT2D eigenvalue weighted by Crippen LogP contribution is -2.24. The highest BCUT2D eigenvalue weighted by Crippen LogP contribution is 2.31. The normalized spacial score (nSPS) is 10.8.